The standard InChI is InChI=1S/C60H90N6O16S2/c1-37(2)31-47-57(71)79-41(9)53(67)61(11)50(34-40(7)8)60(74)82-52(36-44-21-25-46(26-22-44)84(77,78)66-29-17-18-30-66)56(70)64(14)48(32-38(3)4)58(72)80-42(10)54(68)62(12)49(33-39(5)6)59(73)81-51(55(69)63(47)13)35-43-19-23-45(24-20-43)83(75,76)65-27-15-16-28-65/h19-26,37-42,47-52H,15-18,27-36H2,1-14H3/t41-,42-,47+,48+,49+,50+,51-,52-/m1/s1. The first-order valence-corrected chi connectivity index (χ1v) is 32.2. The molecule has 24 heteroatoms. The Morgan fingerprint density at radius 2 is 0.631 bits per heavy atom. The molecule has 3 saturated heterocycles. The molecule has 0 aromatic heterocycles. The number of carbonyl (C=O) groups excluding carboxylic acids is 8. The Morgan fingerprint density at radius 1 is 0.393 bits per heavy atom. The number of esters is 4. The highest BCUT2D eigenvalue weighted by atomic mass is 32.2. The molecule has 4 amide bonds. The van der Waals surface area contributed by atoms with Crippen LogP contribution in [-0.2, 0) is 90.2 Å². The van der Waals surface area contributed by atoms with Crippen molar-refractivity contribution in [3.63, 3.8) is 0 Å². The van der Waals surface area contributed by atoms with Crippen LogP contribution in [0.5, 0.6) is 0 Å². The summed E-state index contributed by atoms with van der Waals surface area (Å²) >= 11 is 0. The van der Waals surface area contributed by atoms with Gasteiger partial charge >= 0.3 is 23.9 Å². The van der Waals surface area contributed by atoms with E-state index in [-0.39, 0.29) is 72.0 Å². The molecule has 0 unspecified atom stereocenters. The highest BCUT2D eigenvalue weighted by Crippen LogP contribution is 2.27. The molecule has 22 nitrogen and oxygen atoms in total. The average molecular weight is 1220 g/mol. The molecule has 5 rings (SSSR count). The predicted octanol–water partition coefficient (Wildman–Crippen LogP) is 5.23. The Labute approximate surface area is 497 Å². The number of benzene rings is 2. The topological polar surface area (TPSA) is 261 Å². The van der Waals surface area contributed by atoms with E-state index in [0.29, 0.717) is 37.3 Å². The van der Waals surface area contributed by atoms with Gasteiger partial charge in [-0.1, -0.05) is 79.7 Å². The second-order valence-corrected chi connectivity index (χ2v) is 28.2. The van der Waals surface area contributed by atoms with Crippen LogP contribution >= 0.6 is 0 Å². The third-order valence-corrected chi connectivity index (χ3v) is 19.4. The van der Waals surface area contributed by atoms with Crippen molar-refractivity contribution in [1.82, 2.24) is 28.2 Å². The van der Waals surface area contributed by atoms with Gasteiger partial charge in [-0.05, 0) is 124 Å². The van der Waals surface area contributed by atoms with Crippen molar-refractivity contribution in [2.75, 3.05) is 54.4 Å². The summed E-state index contributed by atoms with van der Waals surface area (Å²) in [5, 5.41) is 0. The molecule has 0 aliphatic carbocycles. The number of likely N-dealkylation sites (N-methyl/N-ethyl adjacent to an activating group) is 4. The SMILES string of the molecule is CC(C)C[C@H]1C(=O)O[C@H](Cc2ccc(S(=O)(=O)N3CCCC3)cc2)C(=O)N(C)[C@@H](CC(C)C)C(=O)O[C@H](C)C(=O)N(C)[C@@H](CC(C)C)C(=O)O[C@H](Cc2ccc(S(=O)(=O)N3CCCC3)cc2)C(=O)N(C)[C@@H](CC(C)C)C(=O)O[C@H](C)C(=O)N1C. The van der Waals surface area contributed by atoms with Gasteiger partial charge in [0.1, 0.15) is 24.2 Å². The summed E-state index contributed by atoms with van der Waals surface area (Å²) in [6.45, 7) is 18.5. The second kappa shape index (κ2) is 29.9. The van der Waals surface area contributed by atoms with Crippen molar-refractivity contribution < 1.29 is 74.1 Å². The van der Waals surface area contributed by atoms with Crippen LogP contribution in [0.2, 0.25) is 0 Å². The first-order chi connectivity index (χ1) is 39.3. The number of ether oxygens (including phenoxy) is 4. The molecule has 2 aromatic rings. The number of nitrogens with zero attached hydrogens (tertiary/aromatic N) is 6. The summed E-state index contributed by atoms with van der Waals surface area (Å²) in [6, 6.07) is 6.11. The van der Waals surface area contributed by atoms with Crippen LogP contribution < -0.4 is 0 Å². The normalized spacial score (nSPS) is 25.5. The van der Waals surface area contributed by atoms with Crippen molar-refractivity contribution >= 4 is 67.6 Å². The minimum Gasteiger partial charge on any atom is -0.451 e. The summed E-state index contributed by atoms with van der Waals surface area (Å²) in [7, 11) is -2.35. The third-order valence-electron chi connectivity index (χ3n) is 15.6. The lowest BCUT2D eigenvalue weighted by Gasteiger charge is -2.35. The van der Waals surface area contributed by atoms with Crippen LogP contribution in [0.4, 0.5) is 0 Å². The minimum absolute atomic E-state index is 0.00649. The van der Waals surface area contributed by atoms with E-state index in [1.807, 2.05) is 0 Å². The van der Waals surface area contributed by atoms with E-state index in [1.165, 1.54) is 99.2 Å². The van der Waals surface area contributed by atoms with E-state index in [4.69, 9.17) is 18.9 Å². The number of amides is 4. The predicted molar refractivity (Wildman–Crippen MR) is 311 cm³/mol. The molecule has 0 bridgehead atoms. The van der Waals surface area contributed by atoms with Gasteiger partial charge < -0.3 is 38.5 Å². The first kappa shape index (κ1) is 68.8. The summed E-state index contributed by atoms with van der Waals surface area (Å²) < 4.78 is 80.6. The smallest absolute Gasteiger partial charge is 0.329 e. The van der Waals surface area contributed by atoms with Crippen molar-refractivity contribution in [2.45, 2.75) is 192 Å². The van der Waals surface area contributed by atoms with E-state index in [2.05, 4.69) is 0 Å². The second-order valence-electron chi connectivity index (χ2n) is 24.3. The van der Waals surface area contributed by atoms with Crippen molar-refractivity contribution in [1.29, 1.82) is 0 Å². The molecule has 3 aliphatic heterocycles. The molecule has 3 fully saturated rings. The Kier molecular flexibility index (Phi) is 24.5. The summed E-state index contributed by atoms with van der Waals surface area (Å²) in [5.74, 6) is -8.43. The molecule has 3 aliphatic rings. The van der Waals surface area contributed by atoms with E-state index < -0.39 is 116 Å². The van der Waals surface area contributed by atoms with Gasteiger partial charge in [-0.15, -0.1) is 0 Å². The van der Waals surface area contributed by atoms with E-state index >= 15 is 9.59 Å². The fraction of sp³-hybridized carbons (Fsp3) is 0.667. The molecule has 0 saturated carbocycles. The molecule has 2 aromatic carbocycles. The molecule has 0 N–H and O–H groups in total. The van der Waals surface area contributed by atoms with Gasteiger partial charge in [-0.25, -0.2) is 36.0 Å². The summed E-state index contributed by atoms with van der Waals surface area (Å²) in [4.78, 5) is 122. The molecule has 0 spiro atoms. The Morgan fingerprint density at radius 3 is 0.881 bits per heavy atom. The van der Waals surface area contributed by atoms with Crippen molar-refractivity contribution in [3.05, 3.63) is 59.7 Å². The number of hydrogen-bond acceptors (Lipinski definition) is 16. The molecule has 0 radical (unpaired) electrons. The minimum atomic E-state index is -3.82. The van der Waals surface area contributed by atoms with Crippen LogP contribution in [0.15, 0.2) is 58.3 Å². The van der Waals surface area contributed by atoms with Gasteiger partial charge in [0, 0.05) is 67.2 Å². The number of cyclic esters (lactones) is 4. The van der Waals surface area contributed by atoms with Crippen molar-refractivity contribution in [2.24, 2.45) is 23.7 Å². The van der Waals surface area contributed by atoms with Crippen LogP contribution in [0.3, 0.4) is 0 Å². The Balaban J connectivity index is 1.61. The number of hydrogen-bond donors (Lipinski definition) is 0. The third kappa shape index (κ3) is 17.6. The zero-order valence-corrected chi connectivity index (χ0v) is 53.1. The highest BCUT2D eigenvalue weighted by Gasteiger charge is 2.43. The first-order valence-electron chi connectivity index (χ1n) is 29.3. The fourth-order valence-electron chi connectivity index (χ4n) is 10.7. The lowest BCUT2D eigenvalue weighted by atomic mass is 10.00. The zero-order valence-electron chi connectivity index (χ0n) is 51.5. The van der Waals surface area contributed by atoms with Gasteiger partial charge in [-0.3, -0.25) is 19.2 Å². The summed E-state index contributed by atoms with van der Waals surface area (Å²) in [5.41, 5.74) is 0.775. The molecular formula is C60H90N6O16S2. The van der Waals surface area contributed by atoms with Crippen LogP contribution in [-0.4, -0.2) is 196 Å². The molecule has 3 heterocycles. The van der Waals surface area contributed by atoms with Gasteiger partial charge in [0.25, 0.3) is 23.6 Å². The van der Waals surface area contributed by atoms with E-state index in [0.717, 1.165) is 45.3 Å². The van der Waals surface area contributed by atoms with E-state index in [1.54, 1.807) is 55.4 Å². The van der Waals surface area contributed by atoms with Crippen molar-refractivity contribution in [3.8, 4) is 0 Å². The maximum atomic E-state index is 15.0. The lowest BCUT2D eigenvalue weighted by molar-refractivity contribution is -0.176. The van der Waals surface area contributed by atoms with Crippen LogP contribution in [0.1, 0.15) is 132 Å². The number of rotatable bonds is 16. The lowest BCUT2D eigenvalue weighted by Crippen LogP contribution is -2.55. The highest BCUT2D eigenvalue weighted by molar-refractivity contribution is 7.89. The van der Waals surface area contributed by atoms with Gasteiger partial charge in [0.15, 0.2) is 24.4 Å². The Hall–Kier alpha value is -5.98. The number of sulfonamides is 2. The number of carbonyl (C=O) groups is 8. The summed E-state index contributed by atoms with van der Waals surface area (Å²) in [6.07, 6.45) is -4.17. The quantitative estimate of drug-likeness (QED) is 0.154. The zero-order chi connectivity index (χ0) is 62.7. The van der Waals surface area contributed by atoms with Gasteiger partial charge in [0.2, 0.25) is 20.0 Å². The molecule has 8 atom stereocenters. The van der Waals surface area contributed by atoms with Crippen LogP contribution in [0.25, 0.3) is 0 Å². The monoisotopic (exact) mass is 1210 g/mol. The Bertz CT molecular complexity index is 2660. The maximum Gasteiger partial charge on any atom is 0.329 e. The van der Waals surface area contributed by atoms with Gasteiger partial charge in [-0.2, -0.15) is 8.61 Å². The van der Waals surface area contributed by atoms with E-state index in [9.17, 15) is 45.6 Å². The molecule has 468 valence electrons. The van der Waals surface area contributed by atoms with Crippen LogP contribution in [0, 0.1) is 23.7 Å². The van der Waals surface area contributed by atoms with Gasteiger partial charge in [0.05, 0.1) is 9.79 Å². The average Bonchev–Trinajstić information content (AvgIpc) is 4.37. The largest absolute Gasteiger partial charge is 0.451 e. The fourth-order valence-corrected chi connectivity index (χ4v) is 13.7. The molecule has 84 heavy (non-hydrogen) atoms. The molecular weight excluding hydrogens is 1120 g/mol. The maximum absolute atomic E-state index is 15.0.